The van der Waals surface area contributed by atoms with E-state index in [1.165, 1.54) is 0 Å². The molecule has 1 aromatic heterocycles. The van der Waals surface area contributed by atoms with Gasteiger partial charge in [-0.1, -0.05) is 18.2 Å². The zero-order valence-electron chi connectivity index (χ0n) is 18.2. The number of anilines is 1. The third-order valence-corrected chi connectivity index (χ3v) is 5.48. The number of ether oxygens (including phenoxy) is 2. The number of hydrogen-bond acceptors (Lipinski definition) is 6. The number of aromatic nitrogens is 2. The van der Waals surface area contributed by atoms with E-state index in [4.69, 9.17) is 9.47 Å². The SMILES string of the molecule is COc1cc2c(cc1OC)-c1cc(NCCCNC(=O)c3ccccc3)nc(=O)n1CC2. The molecule has 0 radical (unpaired) electrons. The van der Waals surface area contributed by atoms with E-state index < -0.39 is 0 Å². The maximum Gasteiger partial charge on any atom is 0.349 e. The molecule has 2 aromatic carbocycles. The van der Waals surface area contributed by atoms with Gasteiger partial charge in [-0.25, -0.2) is 4.79 Å². The Morgan fingerprint density at radius 2 is 1.81 bits per heavy atom. The molecule has 0 unspecified atom stereocenters. The number of nitrogens with zero attached hydrogens (tertiary/aromatic N) is 2. The van der Waals surface area contributed by atoms with Crippen LogP contribution in [0.15, 0.2) is 53.3 Å². The Bertz CT molecular complexity index is 1170. The Hall–Kier alpha value is -3.81. The van der Waals surface area contributed by atoms with Gasteiger partial charge in [-0.05, 0) is 42.7 Å². The standard InChI is InChI=1S/C24H26N4O4/c1-31-20-13-17-9-12-28-19(18(17)14-21(20)32-2)15-22(27-24(28)30)25-10-6-11-26-23(29)16-7-4-3-5-8-16/h3-5,7-8,13-15H,6,9-12H2,1-2H3,(H,26,29)(H,25,27,30). The minimum atomic E-state index is -0.289. The van der Waals surface area contributed by atoms with Crippen LogP contribution >= 0.6 is 0 Å². The van der Waals surface area contributed by atoms with Gasteiger partial charge >= 0.3 is 5.69 Å². The Balaban J connectivity index is 1.43. The number of carbonyl (C=O) groups excluding carboxylic acids is 1. The first-order valence-electron chi connectivity index (χ1n) is 10.5. The fourth-order valence-electron chi connectivity index (χ4n) is 3.83. The maximum atomic E-state index is 12.6. The highest BCUT2D eigenvalue weighted by molar-refractivity contribution is 5.94. The molecule has 32 heavy (non-hydrogen) atoms. The molecule has 2 heterocycles. The number of carbonyl (C=O) groups is 1. The summed E-state index contributed by atoms with van der Waals surface area (Å²) in [5, 5.41) is 6.09. The normalized spacial score (nSPS) is 11.8. The van der Waals surface area contributed by atoms with Gasteiger partial charge in [0.15, 0.2) is 11.5 Å². The van der Waals surface area contributed by atoms with Gasteiger partial charge in [-0.3, -0.25) is 9.36 Å². The molecule has 4 rings (SSSR count). The molecule has 1 aliphatic rings. The zero-order valence-corrected chi connectivity index (χ0v) is 18.2. The van der Waals surface area contributed by atoms with Crippen molar-refractivity contribution in [3.05, 3.63) is 70.1 Å². The summed E-state index contributed by atoms with van der Waals surface area (Å²) in [5.74, 6) is 1.70. The van der Waals surface area contributed by atoms with Crippen molar-refractivity contribution in [3.8, 4) is 22.8 Å². The molecule has 8 nitrogen and oxygen atoms in total. The number of hydrogen-bond donors (Lipinski definition) is 2. The number of methoxy groups -OCH3 is 2. The van der Waals surface area contributed by atoms with E-state index in [1.807, 2.05) is 36.4 Å². The second-order valence-electron chi connectivity index (χ2n) is 7.48. The number of nitrogens with one attached hydrogen (secondary N) is 2. The minimum Gasteiger partial charge on any atom is -0.493 e. The summed E-state index contributed by atoms with van der Waals surface area (Å²) in [7, 11) is 3.20. The smallest absolute Gasteiger partial charge is 0.349 e. The quantitative estimate of drug-likeness (QED) is 0.530. The molecule has 0 fully saturated rings. The molecule has 166 valence electrons. The molecule has 0 atom stereocenters. The Kier molecular flexibility index (Phi) is 6.39. The van der Waals surface area contributed by atoms with Crippen LogP contribution in [0.2, 0.25) is 0 Å². The first-order chi connectivity index (χ1) is 15.6. The number of rotatable bonds is 8. The van der Waals surface area contributed by atoms with Crippen molar-refractivity contribution in [1.82, 2.24) is 14.9 Å². The van der Waals surface area contributed by atoms with Crippen LogP contribution in [0.5, 0.6) is 11.5 Å². The number of fused-ring (bicyclic) bond motifs is 3. The Morgan fingerprint density at radius 3 is 2.56 bits per heavy atom. The fraction of sp³-hybridized carbons (Fsp3) is 0.292. The van der Waals surface area contributed by atoms with E-state index in [9.17, 15) is 9.59 Å². The third-order valence-electron chi connectivity index (χ3n) is 5.48. The van der Waals surface area contributed by atoms with Crippen molar-refractivity contribution < 1.29 is 14.3 Å². The highest BCUT2D eigenvalue weighted by Crippen LogP contribution is 2.38. The number of aryl methyl sites for hydroxylation is 1. The van der Waals surface area contributed by atoms with Crippen LogP contribution in [0.1, 0.15) is 22.3 Å². The molecule has 0 aliphatic carbocycles. The van der Waals surface area contributed by atoms with E-state index in [0.29, 0.717) is 48.9 Å². The topological polar surface area (TPSA) is 94.5 Å². The van der Waals surface area contributed by atoms with Gasteiger partial charge in [0.2, 0.25) is 0 Å². The maximum absolute atomic E-state index is 12.6. The number of benzene rings is 2. The van der Waals surface area contributed by atoms with Gasteiger partial charge in [-0.15, -0.1) is 0 Å². The van der Waals surface area contributed by atoms with Crippen LogP contribution in [0.25, 0.3) is 11.3 Å². The van der Waals surface area contributed by atoms with Crippen molar-refractivity contribution in [2.24, 2.45) is 0 Å². The second kappa shape index (κ2) is 9.55. The molecular formula is C24H26N4O4. The van der Waals surface area contributed by atoms with Gasteiger partial charge in [-0.2, -0.15) is 4.98 Å². The molecule has 0 bridgehead atoms. The molecule has 1 amide bonds. The van der Waals surface area contributed by atoms with Crippen LogP contribution in [-0.4, -0.2) is 42.8 Å². The summed E-state index contributed by atoms with van der Waals surface area (Å²) in [4.78, 5) is 28.9. The van der Waals surface area contributed by atoms with Gasteiger partial charge in [0.05, 0.1) is 19.9 Å². The van der Waals surface area contributed by atoms with E-state index >= 15 is 0 Å². The molecule has 0 saturated heterocycles. The lowest BCUT2D eigenvalue weighted by Gasteiger charge is -2.23. The molecular weight excluding hydrogens is 408 g/mol. The van der Waals surface area contributed by atoms with Gasteiger partial charge in [0.1, 0.15) is 5.82 Å². The first kappa shape index (κ1) is 21.4. The predicted octanol–water partition coefficient (Wildman–Crippen LogP) is 2.72. The highest BCUT2D eigenvalue weighted by atomic mass is 16.5. The minimum absolute atomic E-state index is 0.100. The summed E-state index contributed by atoms with van der Waals surface area (Å²) in [5.41, 5.74) is 3.18. The monoisotopic (exact) mass is 434 g/mol. The second-order valence-corrected chi connectivity index (χ2v) is 7.48. The van der Waals surface area contributed by atoms with Crippen molar-refractivity contribution >= 4 is 11.7 Å². The Labute approximate surface area is 186 Å². The van der Waals surface area contributed by atoms with Crippen LogP contribution in [0.3, 0.4) is 0 Å². The van der Waals surface area contributed by atoms with Crippen molar-refractivity contribution in [1.29, 1.82) is 0 Å². The molecule has 1 aliphatic heterocycles. The van der Waals surface area contributed by atoms with E-state index in [2.05, 4.69) is 15.6 Å². The highest BCUT2D eigenvalue weighted by Gasteiger charge is 2.21. The van der Waals surface area contributed by atoms with Gasteiger partial charge < -0.3 is 20.1 Å². The van der Waals surface area contributed by atoms with Crippen LogP contribution in [0.4, 0.5) is 5.82 Å². The van der Waals surface area contributed by atoms with Crippen LogP contribution in [0, 0.1) is 0 Å². The summed E-state index contributed by atoms with van der Waals surface area (Å²) in [6, 6.07) is 14.8. The van der Waals surface area contributed by atoms with Crippen molar-refractivity contribution in [2.45, 2.75) is 19.4 Å². The molecule has 8 heteroatoms. The summed E-state index contributed by atoms with van der Waals surface area (Å²) < 4.78 is 12.5. The third kappa shape index (κ3) is 4.44. The summed E-state index contributed by atoms with van der Waals surface area (Å²) in [6.45, 7) is 1.66. The molecule has 3 aromatic rings. The van der Waals surface area contributed by atoms with Gasteiger partial charge in [0, 0.05) is 36.8 Å². The zero-order chi connectivity index (χ0) is 22.5. The molecule has 2 N–H and O–H groups in total. The van der Waals surface area contributed by atoms with Crippen LogP contribution in [-0.2, 0) is 13.0 Å². The van der Waals surface area contributed by atoms with Crippen molar-refractivity contribution in [3.63, 3.8) is 0 Å². The largest absolute Gasteiger partial charge is 0.493 e. The lowest BCUT2D eigenvalue weighted by atomic mass is 9.97. The first-order valence-corrected chi connectivity index (χ1v) is 10.5. The van der Waals surface area contributed by atoms with Crippen LogP contribution < -0.4 is 25.8 Å². The molecule has 0 spiro atoms. The average Bonchev–Trinajstić information content (AvgIpc) is 2.83. The van der Waals surface area contributed by atoms with E-state index in [0.717, 1.165) is 23.2 Å². The van der Waals surface area contributed by atoms with Gasteiger partial charge in [0.25, 0.3) is 5.91 Å². The van der Waals surface area contributed by atoms with Crippen molar-refractivity contribution in [2.75, 3.05) is 32.6 Å². The molecule has 0 saturated carbocycles. The average molecular weight is 434 g/mol. The lowest BCUT2D eigenvalue weighted by molar-refractivity contribution is 0.0953. The predicted molar refractivity (Wildman–Crippen MR) is 123 cm³/mol. The summed E-state index contributed by atoms with van der Waals surface area (Å²) >= 11 is 0. The van der Waals surface area contributed by atoms with E-state index in [-0.39, 0.29) is 11.6 Å². The fourth-order valence-corrected chi connectivity index (χ4v) is 3.83. The summed E-state index contributed by atoms with van der Waals surface area (Å²) in [6.07, 6.45) is 1.42. The van der Waals surface area contributed by atoms with E-state index in [1.54, 1.807) is 30.9 Å². The lowest BCUT2D eigenvalue weighted by Crippen LogP contribution is -2.29. The Morgan fingerprint density at radius 1 is 1.06 bits per heavy atom. The number of amides is 1.